The fourth-order valence-corrected chi connectivity index (χ4v) is 2.42. The lowest BCUT2D eigenvalue weighted by Gasteiger charge is -2.22. The lowest BCUT2D eigenvalue weighted by Crippen LogP contribution is -2.40. The molecular weight excluding hydrogens is 380 g/mol. The maximum absolute atomic E-state index is 12.8. The Bertz CT molecular complexity index is 453. The van der Waals surface area contributed by atoms with Crippen LogP contribution in [0.15, 0.2) is 0 Å². The van der Waals surface area contributed by atoms with E-state index in [4.69, 9.17) is 4.74 Å². The number of ether oxygens (including phenoxy) is 2. The van der Waals surface area contributed by atoms with Gasteiger partial charge in [0, 0.05) is 0 Å². The molecule has 0 rings (SSSR count). The SMILES string of the molecule is CCCCCCCCCCCCOC(=O)C(C)(C)C(=O)OCC(F)(F)C(F)F. The molecule has 0 saturated carbocycles. The van der Waals surface area contributed by atoms with Gasteiger partial charge >= 0.3 is 24.3 Å². The number of alkyl halides is 4. The highest BCUT2D eigenvalue weighted by Crippen LogP contribution is 2.26. The lowest BCUT2D eigenvalue weighted by molar-refractivity contribution is -0.190. The summed E-state index contributed by atoms with van der Waals surface area (Å²) in [5, 5.41) is 0. The van der Waals surface area contributed by atoms with E-state index in [1.807, 2.05) is 0 Å². The molecule has 28 heavy (non-hydrogen) atoms. The van der Waals surface area contributed by atoms with Crippen LogP contribution < -0.4 is 0 Å². The highest BCUT2D eigenvalue weighted by atomic mass is 19.3. The number of halogens is 4. The van der Waals surface area contributed by atoms with Crippen molar-refractivity contribution >= 4 is 11.9 Å². The lowest BCUT2D eigenvalue weighted by atomic mass is 9.94. The molecule has 0 spiro atoms. The van der Waals surface area contributed by atoms with Crippen LogP contribution in [0.2, 0.25) is 0 Å². The standard InChI is InChI=1S/C20H34F4O4/c1-4-5-6-7-8-9-10-11-12-13-14-27-17(25)19(2,3)18(26)28-15-20(23,24)16(21)22/h16H,4-15H2,1-3H3. The van der Waals surface area contributed by atoms with Gasteiger partial charge in [0.05, 0.1) is 6.61 Å². The first-order valence-corrected chi connectivity index (χ1v) is 10.1. The fourth-order valence-electron chi connectivity index (χ4n) is 2.42. The van der Waals surface area contributed by atoms with Gasteiger partial charge in [0.1, 0.15) is 0 Å². The smallest absolute Gasteiger partial charge is 0.340 e. The average molecular weight is 414 g/mol. The number of hydrogen-bond donors (Lipinski definition) is 0. The molecule has 8 heteroatoms. The summed E-state index contributed by atoms with van der Waals surface area (Å²) in [6.45, 7) is 2.81. The minimum atomic E-state index is -4.45. The van der Waals surface area contributed by atoms with Gasteiger partial charge in [0.15, 0.2) is 12.0 Å². The van der Waals surface area contributed by atoms with E-state index in [0.717, 1.165) is 33.1 Å². The summed E-state index contributed by atoms with van der Waals surface area (Å²) in [6.07, 6.45) is 7.19. The van der Waals surface area contributed by atoms with Crippen molar-refractivity contribution < 1.29 is 36.6 Å². The van der Waals surface area contributed by atoms with E-state index in [0.29, 0.717) is 6.42 Å². The summed E-state index contributed by atoms with van der Waals surface area (Å²) in [7, 11) is 0. The van der Waals surface area contributed by atoms with Gasteiger partial charge in [-0.25, -0.2) is 8.78 Å². The largest absolute Gasteiger partial charge is 0.465 e. The summed E-state index contributed by atoms with van der Waals surface area (Å²) >= 11 is 0. The second-order valence-corrected chi connectivity index (χ2v) is 7.58. The monoisotopic (exact) mass is 414 g/mol. The molecule has 0 fully saturated rings. The van der Waals surface area contributed by atoms with E-state index in [-0.39, 0.29) is 6.61 Å². The second kappa shape index (κ2) is 13.8. The van der Waals surface area contributed by atoms with Gasteiger partial charge in [0.25, 0.3) is 0 Å². The maximum atomic E-state index is 12.8. The van der Waals surface area contributed by atoms with Crippen LogP contribution in [-0.2, 0) is 19.1 Å². The zero-order valence-corrected chi connectivity index (χ0v) is 17.2. The Morgan fingerprint density at radius 1 is 0.786 bits per heavy atom. The topological polar surface area (TPSA) is 52.6 Å². The molecule has 0 heterocycles. The van der Waals surface area contributed by atoms with Gasteiger partial charge in [-0.1, -0.05) is 64.7 Å². The van der Waals surface area contributed by atoms with E-state index in [1.54, 1.807) is 0 Å². The van der Waals surface area contributed by atoms with Crippen molar-refractivity contribution in [2.45, 2.75) is 97.3 Å². The number of carbonyl (C=O) groups is 2. The van der Waals surface area contributed by atoms with Crippen LogP contribution in [-0.4, -0.2) is 37.5 Å². The maximum Gasteiger partial charge on any atom is 0.340 e. The highest BCUT2D eigenvalue weighted by molar-refractivity contribution is 5.99. The Morgan fingerprint density at radius 2 is 1.21 bits per heavy atom. The Kier molecular flexibility index (Phi) is 13.1. The van der Waals surface area contributed by atoms with Crippen LogP contribution in [0.5, 0.6) is 0 Å². The van der Waals surface area contributed by atoms with Gasteiger partial charge < -0.3 is 9.47 Å². The minimum Gasteiger partial charge on any atom is -0.465 e. The molecule has 0 aliphatic carbocycles. The van der Waals surface area contributed by atoms with Crippen LogP contribution in [0.25, 0.3) is 0 Å². The van der Waals surface area contributed by atoms with E-state index < -0.39 is 36.3 Å². The van der Waals surface area contributed by atoms with E-state index in [9.17, 15) is 27.2 Å². The number of esters is 2. The third-order valence-corrected chi connectivity index (χ3v) is 4.47. The molecule has 0 bridgehead atoms. The molecule has 0 radical (unpaired) electrons. The van der Waals surface area contributed by atoms with Crippen molar-refractivity contribution in [1.29, 1.82) is 0 Å². The van der Waals surface area contributed by atoms with Crippen LogP contribution in [0.1, 0.15) is 85.0 Å². The van der Waals surface area contributed by atoms with Gasteiger partial charge in [-0.3, -0.25) is 9.59 Å². The van der Waals surface area contributed by atoms with E-state index in [2.05, 4.69) is 11.7 Å². The molecular formula is C20H34F4O4. The van der Waals surface area contributed by atoms with Crippen LogP contribution in [0.3, 0.4) is 0 Å². The normalized spacial score (nSPS) is 12.3. The number of hydrogen-bond acceptors (Lipinski definition) is 4. The van der Waals surface area contributed by atoms with Crippen molar-refractivity contribution in [1.82, 2.24) is 0 Å². The van der Waals surface area contributed by atoms with Crippen molar-refractivity contribution in [3.8, 4) is 0 Å². The number of carbonyl (C=O) groups excluding carboxylic acids is 2. The Balaban J connectivity index is 3.93. The Labute approximate surface area is 165 Å². The first-order chi connectivity index (χ1) is 13.1. The van der Waals surface area contributed by atoms with E-state index in [1.165, 1.54) is 38.5 Å². The molecule has 0 saturated heterocycles. The van der Waals surface area contributed by atoms with Crippen molar-refractivity contribution in [2.75, 3.05) is 13.2 Å². The first-order valence-electron chi connectivity index (χ1n) is 10.1. The van der Waals surface area contributed by atoms with Gasteiger partial charge in [-0.05, 0) is 20.3 Å². The molecule has 0 aromatic heterocycles. The highest BCUT2D eigenvalue weighted by Gasteiger charge is 2.45. The molecule has 0 aromatic rings. The molecule has 166 valence electrons. The predicted octanol–water partition coefficient (Wildman–Crippen LogP) is 5.92. The van der Waals surface area contributed by atoms with Crippen LogP contribution >= 0.6 is 0 Å². The summed E-state index contributed by atoms with van der Waals surface area (Å²) in [5.41, 5.74) is -1.84. The summed E-state index contributed by atoms with van der Waals surface area (Å²) < 4.78 is 59.0. The molecule has 0 unspecified atom stereocenters. The number of rotatable bonds is 16. The first kappa shape index (κ1) is 26.7. The molecule has 4 nitrogen and oxygen atoms in total. The molecule has 0 aliphatic rings. The molecule has 0 aromatic carbocycles. The summed E-state index contributed by atoms with van der Waals surface area (Å²) in [6, 6.07) is 0. The molecule has 0 aliphatic heterocycles. The fraction of sp³-hybridized carbons (Fsp3) is 0.900. The third-order valence-electron chi connectivity index (χ3n) is 4.47. The quantitative estimate of drug-likeness (QED) is 0.136. The minimum absolute atomic E-state index is 0.110. The second-order valence-electron chi connectivity index (χ2n) is 7.58. The summed E-state index contributed by atoms with van der Waals surface area (Å²) in [5.74, 6) is -6.69. The molecule has 0 amide bonds. The average Bonchev–Trinajstić information content (AvgIpc) is 2.63. The Hall–Kier alpha value is -1.34. The Morgan fingerprint density at radius 3 is 1.68 bits per heavy atom. The van der Waals surface area contributed by atoms with Crippen molar-refractivity contribution in [2.24, 2.45) is 5.41 Å². The number of unbranched alkanes of at least 4 members (excludes halogenated alkanes) is 9. The van der Waals surface area contributed by atoms with Gasteiger partial charge in [-0.2, -0.15) is 8.78 Å². The summed E-state index contributed by atoms with van der Waals surface area (Å²) in [4.78, 5) is 23.7. The van der Waals surface area contributed by atoms with Crippen LogP contribution in [0.4, 0.5) is 17.6 Å². The van der Waals surface area contributed by atoms with Gasteiger partial charge in [0.2, 0.25) is 0 Å². The predicted molar refractivity (Wildman–Crippen MR) is 98.5 cm³/mol. The zero-order valence-electron chi connectivity index (χ0n) is 17.2. The molecule has 0 atom stereocenters. The van der Waals surface area contributed by atoms with Crippen molar-refractivity contribution in [3.63, 3.8) is 0 Å². The van der Waals surface area contributed by atoms with Crippen LogP contribution in [0, 0.1) is 5.41 Å². The van der Waals surface area contributed by atoms with Gasteiger partial charge in [-0.15, -0.1) is 0 Å². The van der Waals surface area contributed by atoms with Crippen molar-refractivity contribution in [3.05, 3.63) is 0 Å². The third kappa shape index (κ3) is 10.9. The molecule has 0 N–H and O–H groups in total. The zero-order chi connectivity index (χ0) is 21.6. The van der Waals surface area contributed by atoms with E-state index >= 15 is 0 Å².